The maximum Gasteiger partial charge on any atom is 0.260 e. The minimum absolute atomic E-state index is 0.0647. The first-order valence-corrected chi connectivity index (χ1v) is 8.98. The average molecular weight is 338 g/mol. The van der Waals surface area contributed by atoms with Gasteiger partial charge in [-0.1, -0.05) is 36.4 Å². The predicted octanol–water partition coefficient (Wildman–Crippen LogP) is 3.33. The molecule has 0 saturated carbocycles. The van der Waals surface area contributed by atoms with Gasteiger partial charge >= 0.3 is 0 Å². The molecule has 1 amide bonds. The third-order valence-electron chi connectivity index (χ3n) is 4.65. The molecule has 1 aliphatic rings. The van der Waals surface area contributed by atoms with E-state index in [9.17, 15) is 4.79 Å². The van der Waals surface area contributed by atoms with Crippen LogP contribution in [0.15, 0.2) is 48.5 Å². The number of anilines is 1. The molecule has 0 fully saturated rings. The van der Waals surface area contributed by atoms with Crippen LogP contribution < -0.4 is 15.0 Å². The van der Waals surface area contributed by atoms with Crippen LogP contribution in [0.1, 0.15) is 24.5 Å². The van der Waals surface area contributed by atoms with Crippen LogP contribution in [-0.4, -0.2) is 31.6 Å². The molecule has 0 aliphatic carbocycles. The minimum Gasteiger partial charge on any atom is -0.481 e. The molecule has 1 atom stereocenters. The van der Waals surface area contributed by atoms with Crippen LogP contribution >= 0.6 is 0 Å². The summed E-state index contributed by atoms with van der Waals surface area (Å²) in [5.74, 6) is 0.698. The Labute approximate surface area is 149 Å². The summed E-state index contributed by atoms with van der Waals surface area (Å²) in [5.41, 5.74) is 3.80. The molecule has 0 unspecified atom stereocenters. The highest BCUT2D eigenvalue weighted by Crippen LogP contribution is 2.27. The molecule has 0 spiro atoms. The third-order valence-corrected chi connectivity index (χ3v) is 4.65. The van der Waals surface area contributed by atoms with Crippen LogP contribution in [0.4, 0.5) is 5.69 Å². The molecule has 4 heteroatoms. The number of amides is 1. The van der Waals surface area contributed by atoms with Gasteiger partial charge in [-0.15, -0.1) is 0 Å². The number of nitrogens with zero attached hydrogens (tertiary/aromatic N) is 1. The average Bonchev–Trinajstić information content (AvgIpc) is 3.03. The molecule has 25 heavy (non-hydrogen) atoms. The topological polar surface area (TPSA) is 41.6 Å². The van der Waals surface area contributed by atoms with E-state index in [1.54, 1.807) is 6.92 Å². The van der Waals surface area contributed by atoms with E-state index in [0.29, 0.717) is 6.54 Å². The Balaban J connectivity index is 1.40. The Bertz CT molecular complexity index is 729. The molecule has 0 bridgehead atoms. The number of para-hydroxylation sites is 2. The summed E-state index contributed by atoms with van der Waals surface area (Å²) in [6.45, 7) is 6.47. The monoisotopic (exact) mass is 338 g/mol. The van der Waals surface area contributed by atoms with Crippen molar-refractivity contribution in [3.05, 3.63) is 59.7 Å². The summed E-state index contributed by atoms with van der Waals surface area (Å²) < 4.78 is 5.76. The largest absolute Gasteiger partial charge is 0.481 e. The Hall–Kier alpha value is -2.49. The van der Waals surface area contributed by atoms with E-state index in [4.69, 9.17) is 4.74 Å². The highest BCUT2D eigenvalue weighted by molar-refractivity contribution is 5.80. The van der Waals surface area contributed by atoms with Gasteiger partial charge in [0.2, 0.25) is 0 Å². The molecule has 1 N–H and O–H groups in total. The summed E-state index contributed by atoms with van der Waals surface area (Å²) >= 11 is 0. The number of aryl methyl sites for hydroxylation is 1. The van der Waals surface area contributed by atoms with Gasteiger partial charge < -0.3 is 15.0 Å². The van der Waals surface area contributed by atoms with Crippen molar-refractivity contribution >= 4 is 11.6 Å². The fourth-order valence-corrected chi connectivity index (χ4v) is 3.20. The van der Waals surface area contributed by atoms with E-state index in [-0.39, 0.29) is 5.91 Å². The Morgan fingerprint density at radius 2 is 1.96 bits per heavy atom. The zero-order valence-corrected chi connectivity index (χ0v) is 15.0. The standard InChI is InChI=1S/C21H26N2O2/c1-16-8-3-6-11-20(16)25-17(2)21(24)22-13-7-14-23-15-12-18-9-4-5-10-19(18)23/h3-6,8-11,17H,7,12-15H2,1-2H3,(H,22,24)/t17-/m0/s1. The summed E-state index contributed by atoms with van der Waals surface area (Å²) in [5, 5.41) is 2.98. The van der Waals surface area contributed by atoms with Crippen LogP contribution in [0, 0.1) is 6.92 Å². The van der Waals surface area contributed by atoms with Crippen molar-refractivity contribution < 1.29 is 9.53 Å². The Kier molecular flexibility index (Phi) is 5.59. The fourth-order valence-electron chi connectivity index (χ4n) is 3.20. The van der Waals surface area contributed by atoms with Gasteiger partial charge in [-0.25, -0.2) is 0 Å². The van der Waals surface area contributed by atoms with Crippen molar-refractivity contribution in [3.63, 3.8) is 0 Å². The number of hydrogen-bond donors (Lipinski definition) is 1. The van der Waals surface area contributed by atoms with Crippen molar-refractivity contribution in [1.29, 1.82) is 0 Å². The van der Waals surface area contributed by atoms with Gasteiger partial charge in [-0.05, 0) is 49.9 Å². The smallest absolute Gasteiger partial charge is 0.260 e. The van der Waals surface area contributed by atoms with Gasteiger partial charge in [-0.3, -0.25) is 4.79 Å². The quantitative estimate of drug-likeness (QED) is 0.788. The second-order valence-corrected chi connectivity index (χ2v) is 6.54. The number of rotatable bonds is 7. The number of carbonyl (C=O) groups is 1. The highest BCUT2D eigenvalue weighted by Gasteiger charge is 2.18. The second-order valence-electron chi connectivity index (χ2n) is 6.54. The molecule has 1 aliphatic heterocycles. The van der Waals surface area contributed by atoms with E-state index in [2.05, 4.69) is 34.5 Å². The van der Waals surface area contributed by atoms with Crippen LogP contribution in [0.2, 0.25) is 0 Å². The van der Waals surface area contributed by atoms with Crippen molar-refractivity contribution in [2.45, 2.75) is 32.8 Å². The number of nitrogens with one attached hydrogen (secondary N) is 1. The molecule has 4 nitrogen and oxygen atoms in total. The van der Waals surface area contributed by atoms with Gasteiger partial charge in [0.25, 0.3) is 5.91 Å². The first-order valence-electron chi connectivity index (χ1n) is 8.98. The number of benzene rings is 2. The first kappa shape index (κ1) is 17.3. The lowest BCUT2D eigenvalue weighted by Crippen LogP contribution is -2.38. The third kappa shape index (κ3) is 4.32. The van der Waals surface area contributed by atoms with Crippen molar-refractivity contribution in [1.82, 2.24) is 5.32 Å². The van der Waals surface area contributed by atoms with Crippen LogP contribution in [-0.2, 0) is 11.2 Å². The molecule has 132 valence electrons. The van der Waals surface area contributed by atoms with E-state index in [1.165, 1.54) is 11.3 Å². The fraction of sp³-hybridized carbons (Fsp3) is 0.381. The SMILES string of the molecule is Cc1ccccc1O[C@@H](C)C(=O)NCCCN1CCc2ccccc21. The second kappa shape index (κ2) is 8.06. The lowest BCUT2D eigenvalue weighted by atomic mass is 10.2. The summed E-state index contributed by atoms with van der Waals surface area (Å²) in [4.78, 5) is 14.6. The van der Waals surface area contributed by atoms with Crippen molar-refractivity contribution in [3.8, 4) is 5.75 Å². The van der Waals surface area contributed by atoms with Gasteiger partial charge in [0.1, 0.15) is 5.75 Å². The van der Waals surface area contributed by atoms with Gasteiger partial charge in [0, 0.05) is 25.3 Å². The normalized spacial score (nSPS) is 14.1. The lowest BCUT2D eigenvalue weighted by molar-refractivity contribution is -0.127. The maximum atomic E-state index is 12.2. The summed E-state index contributed by atoms with van der Waals surface area (Å²) in [6.07, 6.45) is 1.55. The molecule has 0 radical (unpaired) electrons. The summed E-state index contributed by atoms with van der Waals surface area (Å²) in [6, 6.07) is 16.3. The van der Waals surface area contributed by atoms with E-state index >= 15 is 0 Å². The Morgan fingerprint density at radius 1 is 1.20 bits per heavy atom. The van der Waals surface area contributed by atoms with E-state index < -0.39 is 6.10 Å². The van der Waals surface area contributed by atoms with Crippen LogP contribution in [0.25, 0.3) is 0 Å². The van der Waals surface area contributed by atoms with Crippen LogP contribution in [0.3, 0.4) is 0 Å². The molecule has 2 aromatic rings. The number of fused-ring (bicyclic) bond motifs is 1. The maximum absolute atomic E-state index is 12.2. The molecule has 3 rings (SSSR count). The number of hydrogen-bond acceptors (Lipinski definition) is 3. The van der Waals surface area contributed by atoms with Crippen molar-refractivity contribution in [2.24, 2.45) is 0 Å². The zero-order valence-electron chi connectivity index (χ0n) is 15.0. The minimum atomic E-state index is -0.492. The molecule has 2 aromatic carbocycles. The lowest BCUT2D eigenvalue weighted by Gasteiger charge is -2.20. The molecule has 1 heterocycles. The first-order chi connectivity index (χ1) is 12.1. The van der Waals surface area contributed by atoms with E-state index in [0.717, 1.165) is 37.2 Å². The predicted molar refractivity (Wildman–Crippen MR) is 101 cm³/mol. The zero-order chi connectivity index (χ0) is 17.6. The summed E-state index contributed by atoms with van der Waals surface area (Å²) in [7, 11) is 0. The molecular weight excluding hydrogens is 312 g/mol. The Morgan fingerprint density at radius 3 is 2.80 bits per heavy atom. The molecule has 0 saturated heterocycles. The molecular formula is C21H26N2O2. The van der Waals surface area contributed by atoms with Gasteiger partial charge in [-0.2, -0.15) is 0 Å². The number of ether oxygens (including phenoxy) is 1. The van der Waals surface area contributed by atoms with Gasteiger partial charge in [0.15, 0.2) is 6.10 Å². The van der Waals surface area contributed by atoms with Crippen molar-refractivity contribution in [2.75, 3.05) is 24.5 Å². The van der Waals surface area contributed by atoms with Gasteiger partial charge in [0.05, 0.1) is 0 Å². The highest BCUT2D eigenvalue weighted by atomic mass is 16.5. The number of carbonyl (C=O) groups excluding carboxylic acids is 1. The van der Waals surface area contributed by atoms with Crippen LogP contribution in [0.5, 0.6) is 5.75 Å². The van der Waals surface area contributed by atoms with E-state index in [1.807, 2.05) is 31.2 Å². The molecule has 0 aromatic heterocycles.